The lowest BCUT2D eigenvalue weighted by Gasteiger charge is -2.22. The summed E-state index contributed by atoms with van der Waals surface area (Å²) in [6.45, 7) is 8.29. The predicted octanol–water partition coefficient (Wildman–Crippen LogP) is 2.47. The van der Waals surface area contributed by atoms with Crippen LogP contribution in [-0.4, -0.2) is 34.7 Å². The SMILES string of the molecule is CCc1cc(=O)n(Cc2ncc(C)c(OC)c2C)c(N2CCCC2)n1. The van der Waals surface area contributed by atoms with Crippen LogP contribution in [0, 0.1) is 13.8 Å². The van der Waals surface area contributed by atoms with E-state index in [0.717, 1.165) is 66.6 Å². The van der Waals surface area contributed by atoms with Crippen LogP contribution in [0.1, 0.15) is 42.3 Å². The average molecular weight is 342 g/mol. The molecule has 0 atom stereocenters. The van der Waals surface area contributed by atoms with Crippen LogP contribution in [0.15, 0.2) is 17.1 Å². The molecule has 0 N–H and O–H groups in total. The summed E-state index contributed by atoms with van der Waals surface area (Å²) < 4.78 is 7.24. The zero-order chi connectivity index (χ0) is 18.0. The van der Waals surface area contributed by atoms with Gasteiger partial charge in [0.1, 0.15) is 5.75 Å². The molecule has 0 bridgehead atoms. The molecule has 1 fully saturated rings. The molecule has 1 saturated heterocycles. The lowest BCUT2D eigenvalue weighted by Crippen LogP contribution is -2.32. The second-order valence-electron chi connectivity index (χ2n) is 6.57. The van der Waals surface area contributed by atoms with E-state index in [1.54, 1.807) is 23.9 Å². The topological polar surface area (TPSA) is 60.3 Å². The predicted molar refractivity (Wildman–Crippen MR) is 98.7 cm³/mol. The van der Waals surface area contributed by atoms with Crippen molar-refractivity contribution in [3.05, 3.63) is 45.1 Å². The molecule has 3 rings (SSSR count). The van der Waals surface area contributed by atoms with E-state index in [2.05, 4.69) is 9.88 Å². The Morgan fingerprint density at radius 2 is 1.96 bits per heavy atom. The van der Waals surface area contributed by atoms with Gasteiger partial charge in [-0.2, -0.15) is 0 Å². The van der Waals surface area contributed by atoms with Crippen LogP contribution in [0.25, 0.3) is 0 Å². The third-order valence-electron chi connectivity index (χ3n) is 4.85. The zero-order valence-electron chi connectivity index (χ0n) is 15.5. The average Bonchev–Trinajstić information content (AvgIpc) is 3.13. The molecular weight excluding hydrogens is 316 g/mol. The molecule has 0 unspecified atom stereocenters. The number of pyridine rings is 1. The van der Waals surface area contributed by atoms with Crippen molar-refractivity contribution in [1.29, 1.82) is 0 Å². The van der Waals surface area contributed by atoms with Crippen molar-refractivity contribution >= 4 is 5.95 Å². The minimum atomic E-state index is -0.0190. The van der Waals surface area contributed by atoms with E-state index in [-0.39, 0.29) is 5.56 Å². The molecule has 0 saturated carbocycles. The van der Waals surface area contributed by atoms with Crippen LogP contribution in [0.2, 0.25) is 0 Å². The van der Waals surface area contributed by atoms with Crippen LogP contribution >= 0.6 is 0 Å². The highest BCUT2D eigenvalue weighted by atomic mass is 16.5. The Bertz CT molecular complexity index is 823. The van der Waals surface area contributed by atoms with Gasteiger partial charge in [-0.1, -0.05) is 6.92 Å². The third kappa shape index (κ3) is 3.38. The largest absolute Gasteiger partial charge is 0.496 e. The van der Waals surface area contributed by atoms with Gasteiger partial charge >= 0.3 is 0 Å². The van der Waals surface area contributed by atoms with Crippen LogP contribution < -0.4 is 15.2 Å². The first kappa shape index (κ1) is 17.5. The van der Waals surface area contributed by atoms with Gasteiger partial charge in [-0.3, -0.25) is 14.3 Å². The first-order valence-electron chi connectivity index (χ1n) is 8.90. The van der Waals surface area contributed by atoms with Gasteiger partial charge in [0, 0.05) is 42.2 Å². The smallest absolute Gasteiger partial charge is 0.255 e. The Morgan fingerprint density at radius 3 is 2.60 bits per heavy atom. The summed E-state index contributed by atoms with van der Waals surface area (Å²) >= 11 is 0. The summed E-state index contributed by atoms with van der Waals surface area (Å²) in [4.78, 5) is 24.3. The molecular formula is C19H26N4O2. The van der Waals surface area contributed by atoms with E-state index in [0.29, 0.717) is 6.54 Å². The van der Waals surface area contributed by atoms with Crippen LogP contribution in [0.3, 0.4) is 0 Å². The molecule has 3 heterocycles. The second kappa shape index (κ2) is 7.25. The molecule has 2 aromatic heterocycles. The lowest BCUT2D eigenvalue weighted by molar-refractivity contribution is 0.406. The van der Waals surface area contributed by atoms with Crippen LogP contribution in [0.4, 0.5) is 5.95 Å². The number of anilines is 1. The molecule has 0 amide bonds. The Kier molecular flexibility index (Phi) is 5.06. The Morgan fingerprint density at radius 1 is 1.24 bits per heavy atom. The van der Waals surface area contributed by atoms with Gasteiger partial charge in [0.25, 0.3) is 5.56 Å². The van der Waals surface area contributed by atoms with E-state index < -0.39 is 0 Å². The van der Waals surface area contributed by atoms with Crippen molar-refractivity contribution in [2.24, 2.45) is 0 Å². The minimum Gasteiger partial charge on any atom is -0.496 e. The Hall–Kier alpha value is -2.37. The fourth-order valence-corrected chi connectivity index (χ4v) is 3.41. The number of hydrogen-bond donors (Lipinski definition) is 0. The quantitative estimate of drug-likeness (QED) is 0.835. The second-order valence-corrected chi connectivity index (χ2v) is 6.57. The van der Waals surface area contributed by atoms with Gasteiger partial charge in [0.05, 0.1) is 19.3 Å². The summed E-state index contributed by atoms with van der Waals surface area (Å²) in [5.74, 6) is 1.60. The molecule has 1 aliphatic rings. The van der Waals surface area contributed by atoms with Gasteiger partial charge in [-0.25, -0.2) is 4.98 Å². The summed E-state index contributed by atoms with van der Waals surface area (Å²) in [5.41, 5.74) is 3.64. The van der Waals surface area contributed by atoms with Gasteiger partial charge in [-0.05, 0) is 33.1 Å². The monoisotopic (exact) mass is 342 g/mol. The molecule has 0 radical (unpaired) electrons. The van der Waals surface area contributed by atoms with Gasteiger partial charge < -0.3 is 9.64 Å². The molecule has 2 aromatic rings. The summed E-state index contributed by atoms with van der Waals surface area (Å²) in [5, 5.41) is 0. The molecule has 0 spiro atoms. The van der Waals surface area contributed by atoms with E-state index in [1.807, 2.05) is 20.8 Å². The highest BCUT2D eigenvalue weighted by Crippen LogP contribution is 2.25. The highest BCUT2D eigenvalue weighted by molar-refractivity contribution is 5.42. The first-order valence-corrected chi connectivity index (χ1v) is 8.90. The fraction of sp³-hybridized carbons (Fsp3) is 0.526. The van der Waals surface area contributed by atoms with E-state index in [9.17, 15) is 4.79 Å². The number of nitrogens with zero attached hydrogens (tertiary/aromatic N) is 4. The van der Waals surface area contributed by atoms with Crippen molar-refractivity contribution in [3.8, 4) is 5.75 Å². The van der Waals surface area contributed by atoms with Crippen molar-refractivity contribution in [1.82, 2.24) is 14.5 Å². The van der Waals surface area contributed by atoms with Crippen LogP contribution in [0.5, 0.6) is 5.75 Å². The Labute approximate surface area is 148 Å². The number of aryl methyl sites for hydroxylation is 2. The normalized spacial score (nSPS) is 14.2. The number of ether oxygens (including phenoxy) is 1. The van der Waals surface area contributed by atoms with Gasteiger partial charge in [0.2, 0.25) is 5.95 Å². The zero-order valence-corrected chi connectivity index (χ0v) is 15.5. The number of methoxy groups -OCH3 is 1. The molecule has 6 heteroatoms. The third-order valence-corrected chi connectivity index (χ3v) is 4.85. The maximum atomic E-state index is 12.8. The Balaban J connectivity index is 2.07. The first-order chi connectivity index (χ1) is 12.0. The molecule has 134 valence electrons. The molecule has 0 aliphatic carbocycles. The number of rotatable bonds is 5. The van der Waals surface area contributed by atoms with Crippen molar-refractivity contribution < 1.29 is 4.74 Å². The standard InChI is InChI=1S/C19H26N4O2/c1-5-15-10-17(24)23(19(21-15)22-8-6-7-9-22)12-16-14(3)18(25-4)13(2)11-20-16/h10-11H,5-9,12H2,1-4H3. The molecule has 0 aromatic carbocycles. The highest BCUT2D eigenvalue weighted by Gasteiger charge is 2.20. The maximum Gasteiger partial charge on any atom is 0.255 e. The minimum absolute atomic E-state index is 0.0190. The summed E-state index contributed by atoms with van der Waals surface area (Å²) in [7, 11) is 1.67. The van der Waals surface area contributed by atoms with Crippen molar-refractivity contribution in [2.75, 3.05) is 25.1 Å². The van der Waals surface area contributed by atoms with E-state index in [1.165, 1.54) is 0 Å². The summed E-state index contributed by atoms with van der Waals surface area (Å²) in [6, 6.07) is 1.64. The van der Waals surface area contributed by atoms with E-state index >= 15 is 0 Å². The van der Waals surface area contributed by atoms with Crippen molar-refractivity contribution in [2.45, 2.75) is 46.6 Å². The number of aromatic nitrogens is 3. The van der Waals surface area contributed by atoms with E-state index in [4.69, 9.17) is 9.72 Å². The van der Waals surface area contributed by atoms with Gasteiger partial charge in [0.15, 0.2) is 0 Å². The molecule has 25 heavy (non-hydrogen) atoms. The molecule has 1 aliphatic heterocycles. The van der Waals surface area contributed by atoms with Crippen LogP contribution in [-0.2, 0) is 13.0 Å². The maximum absolute atomic E-state index is 12.8. The van der Waals surface area contributed by atoms with Gasteiger partial charge in [-0.15, -0.1) is 0 Å². The molecule has 6 nitrogen and oxygen atoms in total. The number of hydrogen-bond acceptors (Lipinski definition) is 5. The summed E-state index contributed by atoms with van der Waals surface area (Å²) in [6.07, 6.45) is 4.84. The lowest BCUT2D eigenvalue weighted by atomic mass is 10.1. The fourth-order valence-electron chi connectivity index (χ4n) is 3.41. The van der Waals surface area contributed by atoms with Crippen molar-refractivity contribution in [3.63, 3.8) is 0 Å².